The number of aliphatic hydroxyl groups is 1. The van der Waals surface area contributed by atoms with Crippen molar-refractivity contribution in [2.45, 2.75) is 44.2 Å². The molecule has 1 atom stereocenters. The summed E-state index contributed by atoms with van der Waals surface area (Å²) >= 11 is 5.80. The van der Waals surface area contributed by atoms with Crippen LogP contribution in [-0.2, 0) is 0 Å². The molecule has 0 aliphatic heterocycles. The van der Waals surface area contributed by atoms with E-state index in [4.69, 9.17) is 16.3 Å². The Hall–Kier alpha value is -0.770. The number of ether oxygens (including phenoxy) is 1. The fourth-order valence-electron chi connectivity index (χ4n) is 2.38. The van der Waals surface area contributed by atoms with E-state index in [1.807, 2.05) is 12.1 Å². The van der Waals surface area contributed by atoms with E-state index < -0.39 is 6.10 Å². The molecule has 1 aliphatic rings. The minimum atomic E-state index is -0.486. The Morgan fingerprint density at radius 3 is 2.58 bits per heavy atom. The quantitative estimate of drug-likeness (QED) is 0.808. The molecule has 1 aliphatic carbocycles. The lowest BCUT2D eigenvalue weighted by atomic mass is 9.75. The number of rotatable bonds is 7. The lowest BCUT2D eigenvalue weighted by molar-refractivity contribution is 0.0811. The Kier molecular flexibility index (Phi) is 5.08. The highest BCUT2D eigenvalue weighted by Crippen LogP contribution is 2.34. The van der Waals surface area contributed by atoms with Gasteiger partial charge in [0.15, 0.2) is 0 Å². The van der Waals surface area contributed by atoms with E-state index in [-0.39, 0.29) is 5.54 Å². The third kappa shape index (κ3) is 4.10. The third-order valence-electron chi connectivity index (χ3n) is 3.96. The summed E-state index contributed by atoms with van der Waals surface area (Å²) in [6.07, 6.45) is 4.36. The SMILES string of the molecule is CCC1(NCC(O)COc2ccc(Cl)cc2)CCC1. The first-order valence-corrected chi connectivity index (χ1v) is 7.33. The average molecular weight is 284 g/mol. The maximum Gasteiger partial charge on any atom is 0.119 e. The van der Waals surface area contributed by atoms with Crippen LogP contribution in [0.5, 0.6) is 5.75 Å². The summed E-state index contributed by atoms with van der Waals surface area (Å²) in [6.45, 7) is 3.08. The van der Waals surface area contributed by atoms with Crippen LogP contribution in [-0.4, -0.2) is 29.9 Å². The van der Waals surface area contributed by atoms with Gasteiger partial charge in [-0.2, -0.15) is 0 Å². The number of β-amino-alcohol motifs (C(OH)–C–C–N with tert-alkyl or cyclic N) is 1. The second-order valence-corrected chi connectivity index (χ2v) is 5.72. The molecule has 0 bridgehead atoms. The van der Waals surface area contributed by atoms with Crippen LogP contribution in [0.1, 0.15) is 32.6 Å². The molecule has 1 unspecified atom stereocenters. The average Bonchev–Trinajstić information content (AvgIpc) is 2.37. The van der Waals surface area contributed by atoms with Gasteiger partial charge in [0.05, 0.1) is 0 Å². The summed E-state index contributed by atoms with van der Waals surface area (Å²) in [7, 11) is 0. The van der Waals surface area contributed by atoms with Crippen LogP contribution in [0, 0.1) is 0 Å². The summed E-state index contributed by atoms with van der Waals surface area (Å²) in [5.74, 6) is 0.734. The van der Waals surface area contributed by atoms with E-state index in [0.29, 0.717) is 18.2 Å². The van der Waals surface area contributed by atoms with Gasteiger partial charge in [0, 0.05) is 17.1 Å². The molecule has 1 aromatic rings. The molecule has 106 valence electrons. The molecule has 2 N–H and O–H groups in total. The van der Waals surface area contributed by atoms with Gasteiger partial charge >= 0.3 is 0 Å². The molecule has 19 heavy (non-hydrogen) atoms. The van der Waals surface area contributed by atoms with E-state index in [0.717, 1.165) is 12.2 Å². The topological polar surface area (TPSA) is 41.5 Å². The molecule has 0 spiro atoms. The zero-order valence-electron chi connectivity index (χ0n) is 11.4. The van der Waals surface area contributed by atoms with Gasteiger partial charge in [-0.15, -0.1) is 0 Å². The second-order valence-electron chi connectivity index (χ2n) is 5.29. The van der Waals surface area contributed by atoms with E-state index in [1.165, 1.54) is 19.3 Å². The third-order valence-corrected chi connectivity index (χ3v) is 4.21. The van der Waals surface area contributed by atoms with Crippen molar-refractivity contribution in [3.63, 3.8) is 0 Å². The van der Waals surface area contributed by atoms with Crippen LogP contribution in [0.4, 0.5) is 0 Å². The smallest absolute Gasteiger partial charge is 0.119 e. The van der Waals surface area contributed by atoms with Gasteiger partial charge in [-0.3, -0.25) is 0 Å². The maximum atomic E-state index is 9.93. The molecule has 0 aromatic heterocycles. The van der Waals surface area contributed by atoms with Crippen LogP contribution in [0.25, 0.3) is 0 Å². The van der Waals surface area contributed by atoms with Crippen LogP contribution in [0.15, 0.2) is 24.3 Å². The van der Waals surface area contributed by atoms with E-state index >= 15 is 0 Å². The van der Waals surface area contributed by atoms with Crippen molar-refractivity contribution in [1.82, 2.24) is 5.32 Å². The maximum absolute atomic E-state index is 9.93. The van der Waals surface area contributed by atoms with Gasteiger partial charge in [0.1, 0.15) is 18.5 Å². The number of halogens is 1. The lowest BCUT2D eigenvalue weighted by Gasteiger charge is -2.42. The first-order valence-electron chi connectivity index (χ1n) is 6.95. The van der Waals surface area contributed by atoms with Gasteiger partial charge < -0.3 is 15.2 Å². The van der Waals surface area contributed by atoms with Crippen molar-refractivity contribution in [3.05, 3.63) is 29.3 Å². The monoisotopic (exact) mass is 283 g/mol. The minimum Gasteiger partial charge on any atom is -0.491 e. The van der Waals surface area contributed by atoms with Gasteiger partial charge in [0.2, 0.25) is 0 Å². The van der Waals surface area contributed by atoms with Gasteiger partial charge in [-0.05, 0) is 49.9 Å². The predicted octanol–water partition coefficient (Wildman–Crippen LogP) is 3.00. The zero-order chi connectivity index (χ0) is 13.7. The van der Waals surface area contributed by atoms with Gasteiger partial charge in [-0.1, -0.05) is 18.5 Å². The van der Waals surface area contributed by atoms with E-state index in [1.54, 1.807) is 12.1 Å². The van der Waals surface area contributed by atoms with E-state index in [9.17, 15) is 5.11 Å². The highest BCUT2D eigenvalue weighted by molar-refractivity contribution is 6.30. The van der Waals surface area contributed by atoms with E-state index in [2.05, 4.69) is 12.2 Å². The molecular weight excluding hydrogens is 262 g/mol. The van der Waals surface area contributed by atoms with Crippen LogP contribution >= 0.6 is 11.6 Å². The molecule has 0 amide bonds. The number of benzene rings is 1. The lowest BCUT2D eigenvalue weighted by Crippen LogP contribution is -2.53. The fraction of sp³-hybridized carbons (Fsp3) is 0.600. The summed E-state index contributed by atoms with van der Waals surface area (Å²) < 4.78 is 5.52. The van der Waals surface area contributed by atoms with Crippen molar-refractivity contribution in [2.24, 2.45) is 0 Å². The number of nitrogens with one attached hydrogen (secondary N) is 1. The Labute approximate surface area is 119 Å². The van der Waals surface area contributed by atoms with Gasteiger partial charge in [0.25, 0.3) is 0 Å². The van der Waals surface area contributed by atoms with Crippen molar-refractivity contribution in [1.29, 1.82) is 0 Å². The summed E-state index contributed by atoms with van der Waals surface area (Å²) in [5, 5.41) is 14.1. The molecule has 1 aromatic carbocycles. The molecule has 1 saturated carbocycles. The second kappa shape index (κ2) is 6.60. The molecule has 1 fully saturated rings. The van der Waals surface area contributed by atoms with Crippen LogP contribution < -0.4 is 10.1 Å². The Morgan fingerprint density at radius 2 is 2.05 bits per heavy atom. The summed E-state index contributed by atoms with van der Waals surface area (Å²) in [5.41, 5.74) is 0.265. The number of hydrogen-bond acceptors (Lipinski definition) is 3. The van der Waals surface area contributed by atoms with Crippen LogP contribution in [0.3, 0.4) is 0 Å². The Balaban J connectivity index is 1.69. The fourth-order valence-corrected chi connectivity index (χ4v) is 2.50. The summed E-state index contributed by atoms with van der Waals surface area (Å²) in [6, 6.07) is 7.17. The first-order chi connectivity index (χ1) is 9.13. The van der Waals surface area contributed by atoms with Crippen molar-refractivity contribution < 1.29 is 9.84 Å². The molecular formula is C15H22ClNO2. The van der Waals surface area contributed by atoms with Crippen molar-refractivity contribution in [2.75, 3.05) is 13.2 Å². The number of hydrogen-bond donors (Lipinski definition) is 2. The van der Waals surface area contributed by atoms with Gasteiger partial charge in [-0.25, -0.2) is 0 Å². The Bertz CT molecular complexity index is 384. The standard InChI is InChI=1S/C15H22ClNO2/c1-2-15(8-3-9-15)17-10-13(18)11-19-14-6-4-12(16)5-7-14/h4-7,13,17-18H,2-3,8-11H2,1H3. The van der Waals surface area contributed by atoms with Crippen molar-refractivity contribution in [3.8, 4) is 5.75 Å². The highest BCUT2D eigenvalue weighted by Gasteiger charge is 2.34. The largest absolute Gasteiger partial charge is 0.491 e. The normalized spacial score (nSPS) is 18.7. The predicted molar refractivity (Wildman–Crippen MR) is 77.8 cm³/mol. The molecule has 0 heterocycles. The molecule has 0 radical (unpaired) electrons. The van der Waals surface area contributed by atoms with Crippen LogP contribution in [0.2, 0.25) is 5.02 Å². The molecule has 0 saturated heterocycles. The first kappa shape index (κ1) is 14.6. The minimum absolute atomic E-state index is 0.265. The highest BCUT2D eigenvalue weighted by atomic mass is 35.5. The molecule has 4 heteroatoms. The number of aliphatic hydroxyl groups excluding tert-OH is 1. The molecule has 3 nitrogen and oxygen atoms in total. The Morgan fingerprint density at radius 1 is 1.37 bits per heavy atom. The molecule has 2 rings (SSSR count). The summed E-state index contributed by atoms with van der Waals surface area (Å²) in [4.78, 5) is 0. The zero-order valence-corrected chi connectivity index (χ0v) is 12.1. The van der Waals surface area contributed by atoms with Crippen molar-refractivity contribution >= 4 is 11.6 Å².